The Hall–Kier alpha value is -2.09. The van der Waals surface area contributed by atoms with Crippen LogP contribution in [0.15, 0.2) is 47.4 Å². The van der Waals surface area contributed by atoms with E-state index in [1.807, 2.05) is 13.0 Å². The smallest absolute Gasteiger partial charge is 0.261 e. The van der Waals surface area contributed by atoms with Crippen LogP contribution in [0.4, 0.5) is 5.69 Å². The van der Waals surface area contributed by atoms with Crippen LogP contribution >= 0.6 is 11.6 Å². The summed E-state index contributed by atoms with van der Waals surface area (Å²) in [5.74, 6) is -0.243. The molecule has 1 aliphatic heterocycles. The Morgan fingerprint density at radius 1 is 1.17 bits per heavy atom. The molecule has 8 heteroatoms. The van der Waals surface area contributed by atoms with Crippen LogP contribution in [-0.2, 0) is 14.8 Å². The summed E-state index contributed by atoms with van der Waals surface area (Å²) in [6, 6.07) is 11.4. The standard InChI is InChI=1S/C22H25ClN2O4S/c1-15-5-4-6-16(13-15)24-30(27,28)17-9-10-19(23)18(14-17)22(26)25-11-12-29-21-8-3-2-7-20(21)25/h4-6,9-10,13-14,20-21,24H,2-3,7-8,11-12H2,1H3. The highest BCUT2D eigenvalue weighted by Crippen LogP contribution is 2.31. The van der Waals surface area contributed by atoms with E-state index in [0.29, 0.717) is 18.8 Å². The number of ether oxygens (including phenoxy) is 1. The molecule has 4 rings (SSSR count). The van der Waals surface area contributed by atoms with E-state index in [1.54, 1.807) is 23.1 Å². The molecule has 2 aromatic carbocycles. The van der Waals surface area contributed by atoms with E-state index in [1.165, 1.54) is 18.2 Å². The maximum Gasteiger partial charge on any atom is 0.261 e. The van der Waals surface area contributed by atoms with Gasteiger partial charge in [0.25, 0.3) is 15.9 Å². The summed E-state index contributed by atoms with van der Waals surface area (Å²) in [7, 11) is -3.86. The average Bonchev–Trinajstić information content (AvgIpc) is 2.72. The molecule has 6 nitrogen and oxygen atoms in total. The van der Waals surface area contributed by atoms with Crippen molar-refractivity contribution in [2.24, 2.45) is 0 Å². The van der Waals surface area contributed by atoms with Crippen LogP contribution in [0.25, 0.3) is 0 Å². The van der Waals surface area contributed by atoms with Gasteiger partial charge in [-0.3, -0.25) is 9.52 Å². The van der Waals surface area contributed by atoms with Crippen LogP contribution in [0.1, 0.15) is 41.6 Å². The lowest BCUT2D eigenvalue weighted by Crippen LogP contribution is -2.54. The summed E-state index contributed by atoms with van der Waals surface area (Å²) in [5.41, 5.74) is 1.61. The number of benzene rings is 2. The number of hydrogen-bond donors (Lipinski definition) is 1. The molecule has 2 aliphatic rings. The topological polar surface area (TPSA) is 75.7 Å². The molecule has 2 aromatic rings. The Morgan fingerprint density at radius 2 is 1.97 bits per heavy atom. The van der Waals surface area contributed by atoms with Gasteiger partial charge in [-0.15, -0.1) is 0 Å². The van der Waals surface area contributed by atoms with Crippen LogP contribution in [0.2, 0.25) is 5.02 Å². The second-order valence-electron chi connectivity index (χ2n) is 7.88. The van der Waals surface area contributed by atoms with E-state index < -0.39 is 10.0 Å². The molecule has 0 bridgehead atoms. The number of hydrogen-bond acceptors (Lipinski definition) is 4. The molecule has 0 spiro atoms. The van der Waals surface area contributed by atoms with E-state index in [4.69, 9.17) is 16.3 Å². The maximum atomic E-state index is 13.3. The van der Waals surface area contributed by atoms with Gasteiger partial charge in [-0.05, 0) is 55.7 Å². The van der Waals surface area contributed by atoms with Crippen molar-refractivity contribution >= 4 is 33.2 Å². The van der Waals surface area contributed by atoms with Crippen LogP contribution in [0, 0.1) is 6.92 Å². The van der Waals surface area contributed by atoms with Crippen molar-refractivity contribution in [3.63, 3.8) is 0 Å². The summed E-state index contributed by atoms with van der Waals surface area (Å²) in [6.45, 7) is 2.85. The quantitative estimate of drug-likeness (QED) is 0.759. The lowest BCUT2D eigenvalue weighted by Gasteiger charge is -2.43. The minimum absolute atomic E-state index is 0.00482. The summed E-state index contributed by atoms with van der Waals surface area (Å²) in [4.78, 5) is 15.1. The van der Waals surface area contributed by atoms with Crippen molar-refractivity contribution < 1.29 is 17.9 Å². The molecule has 1 saturated carbocycles. The van der Waals surface area contributed by atoms with Crippen molar-refractivity contribution in [1.29, 1.82) is 0 Å². The van der Waals surface area contributed by atoms with Crippen molar-refractivity contribution in [2.75, 3.05) is 17.9 Å². The normalized spacial score (nSPS) is 21.7. The minimum atomic E-state index is -3.86. The molecule has 30 heavy (non-hydrogen) atoms. The summed E-state index contributed by atoms with van der Waals surface area (Å²) < 4.78 is 34.2. The second-order valence-corrected chi connectivity index (χ2v) is 9.97. The molecule has 1 heterocycles. The van der Waals surface area contributed by atoms with E-state index >= 15 is 0 Å². The second kappa shape index (κ2) is 8.57. The number of fused-ring (bicyclic) bond motifs is 1. The van der Waals surface area contributed by atoms with Gasteiger partial charge in [0.15, 0.2) is 0 Å². The minimum Gasteiger partial charge on any atom is -0.374 e. The van der Waals surface area contributed by atoms with E-state index in [2.05, 4.69) is 4.72 Å². The molecule has 0 radical (unpaired) electrons. The predicted octanol–water partition coefficient (Wildman–Crippen LogP) is 4.23. The molecule has 2 fully saturated rings. The van der Waals surface area contributed by atoms with Crippen LogP contribution in [0.5, 0.6) is 0 Å². The van der Waals surface area contributed by atoms with Crippen LogP contribution < -0.4 is 4.72 Å². The van der Waals surface area contributed by atoms with Gasteiger partial charge in [-0.25, -0.2) is 8.42 Å². The zero-order valence-corrected chi connectivity index (χ0v) is 18.4. The number of morpholine rings is 1. The van der Waals surface area contributed by atoms with Gasteiger partial charge in [-0.2, -0.15) is 0 Å². The highest BCUT2D eigenvalue weighted by Gasteiger charge is 2.37. The van der Waals surface area contributed by atoms with E-state index in [0.717, 1.165) is 31.2 Å². The number of carbonyl (C=O) groups excluding carboxylic acids is 1. The van der Waals surface area contributed by atoms with Crippen LogP contribution in [0.3, 0.4) is 0 Å². The van der Waals surface area contributed by atoms with Gasteiger partial charge in [-0.1, -0.05) is 36.6 Å². The Labute approximate surface area is 182 Å². The van der Waals surface area contributed by atoms with Gasteiger partial charge >= 0.3 is 0 Å². The Bertz CT molecular complexity index is 1050. The number of halogens is 1. The van der Waals surface area contributed by atoms with Crippen molar-refractivity contribution in [3.8, 4) is 0 Å². The lowest BCUT2D eigenvalue weighted by atomic mass is 9.89. The first-order valence-corrected chi connectivity index (χ1v) is 12.0. The molecule has 0 aromatic heterocycles. The number of rotatable bonds is 4. The largest absolute Gasteiger partial charge is 0.374 e. The molecule has 1 saturated heterocycles. The zero-order chi connectivity index (χ0) is 21.3. The maximum absolute atomic E-state index is 13.3. The summed E-state index contributed by atoms with van der Waals surface area (Å²) >= 11 is 6.32. The molecule has 160 valence electrons. The van der Waals surface area contributed by atoms with Crippen molar-refractivity contribution in [1.82, 2.24) is 4.90 Å². The van der Waals surface area contributed by atoms with Gasteiger partial charge in [0.05, 0.1) is 34.2 Å². The number of anilines is 1. The number of nitrogens with zero attached hydrogens (tertiary/aromatic N) is 1. The number of sulfonamides is 1. The third-order valence-corrected chi connectivity index (χ3v) is 7.45. The number of amides is 1. The Balaban J connectivity index is 1.62. The lowest BCUT2D eigenvalue weighted by molar-refractivity contribution is -0.0752. The molecular weight excluding hydrogens is 424 g/mol. The molecular formula is C22H25ClN2O4S. The summed E-state index contributed by atoms with van der Waals surface area (Å²) in [5, 5.41) is 0.244. The monoisotopic (exact) mass is 448 g/mol. The fourth-order valence-corrected chi connectivity index (χ4v) is 5.54. The van der Waals surface area contributed by atoms with Gasteiger partial charge in [0, 0.05) is 12.2 Å². The fourth-order valence-electron chi connectivity index (χ4n) is 4.26. The fraction of sp³-hybridized carbons (Fsp3) is 0.409. The Morgan fingerprint density at radius 3 is 2.77 bits per heavy atom. The highest BCUT2D eigenvalue weighted by atomic mass is 35.5. The first-order chi connectivity index (χ1) is 14.3. The first kappa shape index (κ1) is 21.2. The average molecular weight is 449 g/mol. The zero-order valence-electron chi connectivity index (χ0n) is 16.8. The SMILES string of the molecule is Cc1cccc(NS(=O)(=O)c2ccc(Cl)c(C(=O)N3CCOC4CCCCC43)c2)c1. The van der Waals surface area contributed by atoms with E-state index in [-0.39, 0.29) is 33.5 Å². The predicted molar refractivity (Wildman–Crippen MR) is 116 cm³/mol. The van der Waals surface area contributed by atoms with Gasteiger partial charge in [0.1, 0.15) is 0 Å². The van der Waals surface area contributed by atoms with Crippen molar-refractivity contribution in [2.45, 2.75) is 49.6 Å². The van der Waals surface area contributed by atoms with Gasteiger partial charge < -0.3 is 9.64 Å². The number of nitrogens with one attached hydrogen (secondary N) is 1. The molecule has 1 aliphatic carbocycles. The first-order valence-electron chi connectivity index (χ1n) is 10.2. The number of aryl methyl sites for hydroxylation is 1. The molecule has 1 N–H and O–H groups in total. The highest BCUT2D eigenvalue weighted by molar-refractivity contribution is 7.92. The van der Waals surface area contributed by atoms with Crippen molar-refractivity contribution in [3.05, 3.63) is 58.6 Å². The third-order valence-electron chi connectivity index (χ3n) is 5.74. The molecule has 2 unspecified atom stereocenters. The Kier molecular flexibility index (Phi) is 6.04. The van der Waals surface area contributed by atoms with E-state index in [9.17, 15) is 13.2 Å². The number of carbonyl (C=O) groups is 1. The third kappa shape index (κ3) is 4.33. The van der Waals surface area contributed by atoms with Gasteiger partial charge in [0.2, 0.25) is 0 Å². The molecule has 2 atom stereocenters. The molecule has 1 amide bonds. The van der Waals surface area contributed by atoms with Crippen LogP contribution in [-0.4, -0.2) is 44.5 Å². The summed E-state index contributed by atoms with van der Waals surface area (Å²) in [6.07, 6.45) is 4.03.